The first-order chi connectivity index (χ1) is 11.7. The van der Waals surface area contributed by atoms with Crippen molar-refractivity contribution >= 4 is 11.5 Å². The molecule has 0 saturated heterocycles. The topological polar surface area (TPSA) is 56.8 Å². The van der Waals surface area contributed by atoms with Crippen molar-refractivity contribution in [1.29, 1.82) is 0 Å². The maximum Gasteiger partial charge on any atom is 0.187 e. The lowest BCUT2D eigenvalue weighted by molar-refractivity contribution is 0.104. The first kappa shape index (κ1) is 17.4. The van der Waals surface area contributed by atoms with E-state index in [0.717, 1.165) is 11.4 Å². The van der Waals surface area contributed by atoms with Crippen molar-refractivity contribution in [1.82, 2.24) is 0 Å². The zero-order valence-corrected chi connectivity index (χ0v) is 14.0. The van der Waals surface area contributed by atoms with Crippen LogP contribution in [0.15, 0.2) is 54.7 Å². The molecule has 2 aromatic rings. The lowest BCUT2D eigenvalue weighted by Gasteiger charge is -2.08. The fraction of sp³-hybridized carbons (Fsp3) is 0.211. The average Bonchev–Trinajstić information content (AvgIpc) is 2.62. The van der Waals surface area contributed by atoms with Gasteiger partial charge in [0.1, 0.15) is 5.75 Å². The van der Waals surface area contributed by atoms with Gasteiger partial charge in [-0.15, -0.1) is 0 Å². The van der Waals surface area contributed by atoms with Crippen LogP contribution < -0.4 is 19.5 Å². The van der Waals surface area contributed by atoms with Crippen LogP contribution in [0.5, 0.6) is 17.2 Å². The van der Waals surface area contributed by atoms with E-state index in [9.17, 15) is 4.79 Å². The Morgan fingerprint density at radius 2 is 1.75 bits per heavy atom. The van der Waals surface area contributed by atoms with E-state index in [2.05, 4.69) is 5.32 Å². The molecule has 0 amide bonds. The van der Waals surface area contributed by atoms with Crippen molar-refractivity contribution in [3.05, 3.63) is 60.3 Å². The molecule has 0 aliphatic rings. The molecule has 24 heavy (non-hydrogen) atoms. The third-order valence-electron chi connectivity index (χ3n) is 3.32. The fourth-order valence-electron chi connectivity index (χ4n) is 2.11. The first-order valence-electron chi connectivity index (χ1n) is 7.60. The Morgan fingerprint density at radius 1 is 1.04 bits per heavy atom. The normalized spacial score (nSPS) is 10.5. The number of hydrogen-bond donors (Lipinski definition) is 1. The van der Waals surface area contributed by atoms with Crippen molar-refractivity contribution in [2.24, 2.45) is 0 Å². The zero-order chi connectivity index (χ0) is 17.4. The number of nitrogens with one attached hydrogen (secondary N) is 1. The Balaban J connectivity index is 1.99. The number of ether oxygens (including phenoxy) is 3. The summed E-state index contributed by atoms with van der Waals surface area (Å²) in [5, 5.41) is 3.05. The lowest BCUT2D eigenvalue weighted by Crippen LogP contribution is -1.98. The fourth-order valence-corrected chi connectivity index (χ4v) is 2.11. The van der Waals surface area contributed by atoms with Gasteiger partial charge < -0.3 is 19.5 Å². The van der Waals surface area contributed by atoms with Crippen LogP contribution in [-0.2, 0) is 0 Å². The molecule has 0 aliphatic heterocycles. The zero-order valence-electron chi connectivity index (χ0n) is 14.0. The maximum atomic E-state index is 12.2. The van der Waals surface area contributed by atoms with Gasteiger partial charge in [0.05, 0.1) is 20.8 Å². The van der Waals surface area contributed by atoms with E-state index in [4.69, 9.17) is 14.2 Å². The van der Waals surface area contributed by atoms with Gasteiger partial charge in [-0.25, -0.2) is 0 Å². The standard InChI is InChI=1S/C19H21NO4/c1-4-24-16-8-6-15(7-9-16)20-12-11-17(21)14-5-10-18(22-2)19(13-14)23-3/h5-13,20H,4H2,1-3H3/b12-11+. The van der Waals surface area contributed by atoms with Crippen LogP contribution in [0, 0.1) is 0 Å². The number of rotatable bonds is 8. The summed E-state index contributed by atoms with van der Waals surface area (Å²) in [6.07, 6.45) is 3.08. The summed E-state index contributed by atoms with van der Waals surface area (Å²) in [5.74, 6) is 1.80. The SMILES string of the molecule is CCOc1ccc(N/C=C/C(=O)c2ccc(OC)c(OC)c2)cc1. The Hall–Kier alpha value is -2.95. The summed E-state index contributed by atoms with van der Waals surface area (Å²) < 4.78 is 15.7. The second kappa shape index (κ2) is 8.62. The molecule has 0 radical (unpaired) electrons. The van der Waals surface area contributed by atoms with Gasteiger partial charge in [-0.1, -0.05) is 0 Å². The van der Waals surface area contributed by atoms with Crippen LogP contribution in [0.25, 0.3) is 0 Å². The molecular formula is C19H21NO4. The Bertz CT molecular complexity index is 708. The van der Waals surface area contributed by atoms with Gasteiger partial charge in [0.15, 0.2) is 17.3 Å². The van der Waals surface area contributed by atoms with Crippen LogP contribution in [-0.4, -0.2) is 26.6 Å². The van der Waals surface area contributed by atoms with Gasteiger partial charge in [-0.05, 0) is 49.4 Å². The molecule has 126 valence electrons. The van der Waals surface area contributed by atoms with E-state index in [-0.39, 0.29) is 5.78 Å². The van der Waals surface area contributed by atoms with Gasteiger partial charge in [-0.2, -0.15) is 0 Å². The summed E-state index contributed by atoms with van der Waals surface area (Å²) in [6, 6.07) is 12.6. The molecular weight excluding hydrogens is 306 g/mol. The van der Waals surface area contributed by atoms with Crippen molar-refractivity contribution < 1.29 is 19.0 Å². The van der Waals surface area contributed by atoms with Crippen molar-refractivity contribution in [3.8, 4) is 17.2 Å². The van der Waals surface area contributed by atoms with Crippen LogP contribution in [0.3, 0.4) is 0 Å². The largest absolute Gasteiger partial charge is 0.494 e. The van der Waals surface area contributed by atoms with Gasteiger partial charge >= 0.3 is 0 Å². The summed E-state index contributed by atoms with van der Waals surface area (Å²) in [5.41, 5.74) is 1.40. The van der Waals surface area contributed by atoms with E-state index in [1.165, 1.54) is 13.2 Å². The van der Waals surface area contributed by atoms with Gasteiger partial charge in [0.25, 0.3) is 0 Å². The molecule has 0 fully saturated rings. The molecule has 2 rings (SSSR count). The first-order valence-corrected chi connectivity index (χ1v) is 7.60. The molecule has 2 aromatic carbocycles. The van der Waals surface area contributed by atoms with Crippen LogP contribution in [0.2, 0.25) is 0 Å². The number of hydrogen-bond acceptors (Lipinski definition) is 5. The van der Waals surface area contributed by atoms with Crippen molar-refractivity contribution in [2.45, 2.75) is 6.92 Å². The lowest BCUT2D eigenvalue weighted by atomic mass is 10.1. The van der Waals surface area contributed by atoms with E-state index >= 15 is 0 Å². The Labute approximate surface area is 141 Å². The van der Waals surface area contributed by atoms with Crippen molar-refractivity contribution in [2.75, 3.05) is 26.1 Å². The molecule has 0 atom stereocenters. The molecule has 0 aromatic heterocycles. The number of carbonyl (C=O) groups is 1. The average molecular weight is 327 g/mol. The predicted octanol–water partition coefficient (Wildman–Crippen LogP) is 3.91. The highest BCUT2D eigenvalue weighted by atomic mass is 16.5. The third-order valence-corrected chi connectivity index (χ3v) is 3.32. The Morgan fingerprint density at radius 3 is 2.38 bits per heavy atom. The minimum Gasteiger partial charge on any atom is -0.494 e. The smallest absolute Gasteiger partial charge is 0.187 e. The quantitative estimate of drug-likeness (QED) is 0.588. The minimum absolute atomic E-state index is 0.130. The van der Waals surface area contributed by atoms with Crippen LogP contribution in [0.1, 0.15) is 17.3 Å². The monoisotopic (exact) mass is 327 g/mol. The molecule has 5 heteroatoms. The number of carbonyl (C=O) groups excluding carboxylic acids is 1. The summed E-state index contributed by atoms with van der Waals surface area (Å²) in [4.78, 5) is 12.2. The van der Waals surface area contributed by atoms with E-state index in [1.807, 2.05) is 31.2 Å². The third kappa shape index (κ3) is 4.52. The highest BCUT2D eigenvalue weighted by molar-refractivity contribution is 6.05. The molecule has 0 heterocycles. The number of methoxy groups -OCH3 is 2. The van der Waals surface area contributed by atoms with Crippen LogP contribution in [0.4, 0.5) is 5.69 Å². The molecule has 0 saturated carbocycles. The highest BCUT2D eigenvalue weighted by Crippen LogP contribution is 2.27. The van der Waals surface area contributed by atoms with Crippen LogP contribution >= 0.6 is 0 Å². The molecule has 1 N–H and O–H groups in total. The second-order valence-corrected chi connectivity index (χ2v) is 4.87. The number of benzene rings is 2. The summed E-state index contributed by atoms with van der Waals surface area (Å²) in [7, 11) is 3.09. The van der Waals surface area contributed by atoms with E-state index in [0.29, 0.717) is 23.7 Å². The second-order valence-electron chi connectivity index (χ2n) is 4.87. The number of anilines is 1. The molecule has 0 unspecified atom stereocenters. The maximum absolute atomic E-state index is 12.2. The van der Waals surface area contributed by atoms with E-state index in [1.54, 1.807) is 31.5 Å². The van der Waals surface area contributed by atoms with Gasteiger partial charge in [-0.3, -0.25) is 4.79 Å². The minimum atomic E-state index is -0.130. The number of ketones is 1. The van der Waals surface area contributed by atoms with Gasteiger partial charge in [0, 0.05) is 23.5 Å². The number of allylic oxidation sites excluding steroid dienone is 1. The predicted molar refractivity (Wildman–Crippen MR) is 94.3 cm³/mol. The van der Waals surface area contributed by atoms with E-state index < -0.39 is 0 Å². The molecule has 0 bridgehead atoms. The molecule has 0 spiro atoms. The Kier molecular flexibility index (Phi) is 6.25. The molecule has 5 nitrogen and oxygen atoms in total. The van der Waals surface area contributed by atoms with Gasteiger partial charge in [0.2, 0.25) is 0 Å². The molecule has 0 aliphatic carbocycles. The summed E-state index contributed by atoms with van der Waals surface area (Å²) in [6.45, 7) is 2.57. The highest BCUT2D eigenvalue weighted by Gasteiger charge is 2.08. The summed E-state index contributed by atoms with van der Waals surface area (Å²) >= 11 is 0. The van der Waals surface area contributed by atoms with Crippen molar-refractivity contribution in [3.63, 3.8) is 0 Å².